The van der Waals surface area contributed by atoms with Crippen LogP contribution >= 0.6 is 0 Å². The SMILES string of the molecule is CN(CCCCC(=O)c1cc(O)cc(C(=O)O)c1)CCCCC(C)(C)C. The maximum absolute atomic E-state index is 12.2. The fraction of sp³-hybridized carbons (Fsp3) is 0.619. The number of phenols is 1. The number of carboxylic acid groups (broad SMARTS) is 1. The number of aromatic hydroxyl groups is 1. The molecule has 5 heteroatoms. The van der Waals surface area contributed by atoms with Gasteiger partial charge < -0.3 is 15.1 Å². The second kappa shape index (κ2) is 10.3. The minimum absolute atomic E-state index is 0.0664. The van der Waals surface area contributed by atoms with Gasteiger partial charge in [-0.3, -0.25) is 4.79 Å². The molecule has 0 radical (unpaired) electrons. The van der Waals surface area contributed by atoms with E-state index in [0.717, 1.165) is 32.0 Å². The van der Waals surface area contributed by atoms with E-state index in [0.29, 0.717) is 11.8 Å². The number of phenolic OH excluding ortho intramolecular Hbond substituents is 1. The smallest absolute Gasteiger partial charge is 0.335 e. The Morgan fingerprint density at radius 1 is 0.962 bits per heavy atom. The van der Waals surface area contributed by atoms with Crippen molar-refractivity contribution in [2.45, 2.75) is 59.3 Å². The molecule has 1 rings (SSSR count). The molecule has 1 aromatic rings. The topological polar surface area (TPSA) is 77.8 Å². The average Bonchev–Trinajstić information content (AvgIpc) is 2.54. The van der Waals surface area contributed by atoms with Crippen LogP contribution in [0, 0.1) is 5.41 Å². The van der Waals surface area contributed by atoms with Gasteiger partial charge in [0.15, 0.2) is 5.78 Å². The van der Waals surface area contributed by atoms with Crippen LogP contribution in [0.3, 0.4) is 0 Å². The summed E-state index contributed by atoms with van der Waals surface area (Å²) in [7, 11) is 2.10. The predicted molar refractivity (Wildman–Crippen MR) is 104 cm³/mol. The maximum atomic E-state index is 12.2. The summed E-state index contributed by atoms with van der Waals surface area (Å²) in [5.41, 5.74) is 0.590. The van der Waals surface area contributed by atoms with Gasteiger partial charge in [0.25, 0.3) is 0 Å². The first-order chi connectivity index (χ1) is 12.1. The van der Waals surface area contributed by atoms with Crippen molar-refractivity contribution in [2.24, 2.45) is 5.41 Å². The van der Waals surface area contributed by atoms with E-state index in [-0.39, 0.29) is 22.7 Å². The van der Waals surface area contributed by atoms with Crippen molar-refractivity contribution in [3.05, 3.63) is 29.3 Å². The van der Waals surface area contributed by atoms with Crippen molar-refractivity contribution in [1.29, 1.82) is 0 Å². The molecule has 0 aliphatic rings. The summed E-state index contributed by atoms with van der Waals surface area (Å²) >= 11 is 0. The first-order valence-electron chi connectivity index (χ1n) is 9.37. The van der Waals surface area contributed by atoms with Gasteiger partial charge in [0.05, 0.1) is 5.56 Å². The molecular weight excluding hydrogens is 330 g/mol. The number of benzene rings is 1. The minimum atomic E-state index is -1.15. The summed E-state index contributed by atoms with van der Waals surface area (Å²) in [6.45, 7) is 8.81. The van der Waals surface area contributed by atoms with Crippen molar-refractivity contribution in [3.8, 4) is 5.75 Å². The van der Waals surface area contributed by atoms with Gasteiger partial charge in [0, 0.05) is 12.0 Å². The Hall–Kier alpha value is -1.88. The van der Waals surface area contributed by atoms with Gasteiger partial charge in [-0.15, -0.1) is 0 Å². The molecule has 1 aromatic carbocycles. The monoisotopic (exact) mass is 363 g/mol. The summed E-state index contributed by atoms with van der Waals surface area (Å²) in [5, 5.41) is 18.6. The molecule has 0 aromatic heterocycles. The molecule has 0 atom stereocenters. The van der Waals surface area contributed by atoms with E-state index >= 15 is 0 Å². The number of Topliss-reactive ketones (excluding diaryl/α,β-unsaturated/α-hetero) is 1. The molecule has 0 fully saturated rings. The number of hydrogen-bond acceptors (Lipinski definition) is 4. The summed E-state index contributed by atoms with van der Waals surface area (Å²) in [4.78, 5) is 25.5. The summed E-state index contributed by atoms with van der Waals surface area (Å²) < 4.78 is 0. The molecule has 26 heavy (non-hydrogen) atoms. The highest BCUT2D eigenvalue weighted by molar-refractivity contribution is 5.99. The number of carbonyl (C=O) groups excluding carboxylic acids is 1. The van der Waals surface area contributed by atoms with E-state index in [4.69, 9.17) is 5.11 Å². The van der Waals surface area contributed by atoms with Crippen LogP contribution in [0.25, 0.3) is 0 Å². The van der Waals surface area contributed by atoms with Crippen LogP contribution < -0.4 is 0 Å². The second-order valence-electron chi connectivity index (χ2n) is 8.28. The predicted octanol–water partition coefficient (Wildman–Crippen LogP) is 4.59. The molecule has 0 aliphatic heterocycles. The normalized spacial score (nSPS) is 11.7. The minimum Gasteiger partial charge on any atom is -0.508 e. The van der Waals surface area contributed by atoms with Crippen LogP contribution in [0.1, 0.15) is 80.0 Å². The molecule has 0 saturated carbocycles. The molecule has 0 unspecified atom stereocenters. The van der Waals surface area contributed by atoms with Crippen LogP contribution in [-0.4, -0.2) is 47.0 Å². The molecule has 0 heterocycles. The molecule has 0 saturated heterocycles. The van der Waals surface area contributed by atoms with E-state index in [1.54, 1.807) is 0 Å². The Labute approximate surface area is 157 Å². The first kappa shape index (κ1) is 22.2. The highest BCUT2D eigenvalue weighted by Crippen LogP contribution is 2.21. The maximum Gasteiger partial charge on any atom is 0.335 e. The Balaban J connectivity index is 2.29. The highest BCUT2D eigenvalue weighted by atomic mass is 16.4. The van der Waals surface area contributed by atoms with Gasteiger partial charge in [0.1, 0.15) is 5.75 Å². The third-order valence-electron chi connectivity index (χ3n) is 4.40. The fourth-order valence-corrected chi connectivity index (χ4v) is 2.86. The Bertz CT molecular complexity index is 605. The van der Waals surface area contributed by atoms with Gasteiger partial charge in [-0.1, -0.05) is 27.2 Å². The van der Waals surface area contributed by atoms with E-state index in [9.17, 15) is 14.7 Å². The van der Waals surface area contributed by atoms with Gasteiger partial charge in [-0.25, -0.2) is 4.79 Å². The lowest BCUT2D eigenvalue weighted by Crippen LogP contribution is -2.21. The first-order valence-corrected chi connectivity index (χ1v) is 9.37. The average molecular weight is 363 g/mol. The number of unbranched alkanes of at least 4 members (excludes halogenated alkanes) is 2. The third-order valence-corrected chi connectivity index (χ3v) is 4.40. The number of carboxylic acids is 1. The Kier molecular flexibility index (Phi) is 8.79. The van der Waals surface area contributed by atoms with Crippen LogP contribution in [0.5, 0.6) is 5.75 Å². The molecule has 0 aliphatic carbocycles. The Morgan fingerprint density at radius 2 is 1.54 bits per heavy atom. The molecule has 5 nitrogen and oxygen atoms in total. The summed E-state index contributed by atoms with van der Waals surface area (Å²) in [6, 6.07) is 3.80. The van der Waals surface area contributed by atoms with E-state index in [1.807, 2.05) is 0 Å². The molecular formula is C21H33NO4. The Morgan fingerprint density at radius 3 is 2.12 bits per heavy atom. The van der Waals surface area contributed by atoms with Crippen LogP contribution in [-0.2, 0) is 0 Å². The van der Waals surface area contributed by atoms with E-state index in [2.05, 4.69) is 32.7 Å². The number of aromatic carboxylic acids is 1. The number of rotatable bonds is 11. The highest BCUT2D eigenvalue weighted by Gasteiger charge is 2.12. The van der Waals surface area contributed by atoms with Crippen LogP contribution in [0.2, 0.25) is 0 Å². The standard InChI is InChI=1S/C21H33NO4/c1-21(2,3)10-6-8-12-22(4)11-7-5-9-19(24)16-13-17(20(25)26)15-18(23)14-16/h13-15,23H,5-12H2,1-4H3,(H,25,26). The number of nitrogens with zero attached hydrogens (tertiary/aromatic N) is 1. The van der Waals surface area contributed by atoms with Crippen LogP contribution in [0.15, 0.2) is 18.2 Å². The van der Waals surface area contributed by atoms with Gasteiger partial charge in [0.2, 0.25) is 0 Å². The largest absolute Gasteiger partial charge is 0.508 e. The van der Waals surface area contributed by atoms with Crippen molar-refractivity contribution < 1.29 is 19.8 Å². The summed E-state index contributed by atoms with van der Waals surface area (Å²) in [6.07, 6.45) is 5.69. The summed E-state index contributed by atoms with van der Waals surface area (Å²) in [5.74, 6) is -1.47. The van der Waals surface area contributed by atoms with Crippen molar-refractivity contribution in [1.82, 2.24) is 4.90 Å². The molecule has 2 N–H and O–H groups in total. The van der Waals surface area contributed by atoms with Crippen molar-refractivity contribution in [3.63, 3.8) is 0 Å². The van der Waals surface area contributed by atoms with Crippen molar-refractivity contribution >= 4 is 11.8 Å². The lowest BCUT2D eigenvalue weighted by atomic mass is 9.90. The van der Waals surface area contributed by atoms with Gasteiger partial charge in [-0.2, -0.15) is 0 Å². The molecule has 0 bridgehead atoms. The molecule has 146 valence electrons. The van der Waals surface area contributed by atoms with Crippen molar-refractivity contribution in [2.75, 3.05) is 20.1 Å². The number of carbonyl (C=O) groups is 2. The zero-order chi connectivity index (χ0) is 19.7. The second-order valence-corrected chi connectivity index (χ2v) is 8.28. The molecule has 0 amide bonds. The quantitative estimate of drug-likeness (QED) is 0.444. The van der Waals surface area contributed by atoms with E-state index < -0.39 is 5.97 Å². The van der Waals surface area contributed by atoms with Gasteiger partial charge >= 0.3 is 5.97 Å². The molecule has 0 spiro atoms. The number of ketones is 1. The van der Waals surface area contributed by atoms with Crippen LogP contribution in [0.4, 0.5) is 0 Å². The van der Waals surface area contributed by atoms with E-state index in [1.165, 1.54) is 31.4 Å². The lowest BCUT2D eigenvalue weighted by molar-refractivity contribution is 0.0696. The number of hydrogen-bond donors (Lipinski definition) is 2. The van der Waals surface area contributed by atoms with Gasteiger partial charge in [-0.05, 0) is 69.4 Å². The zero-order valence-electron chi connectivity index (χ0n) is 16.5. The lowest BCUT2D eigenvalue weighted by Gasteiger charge is -2.20. The zero-order valence-corrected chi connectivity index (χ0v) is 16.5. The fourth-order valence-electron chi connectivity index (χ4n) is 2.86. The third kappa shape index (κ3) is 8.99.